The maximum Gasteiger partial charge on any atom is 0.273 e. The molecule has 0 unspecified atom stereocenters. The van der Waals surface area contributed by atoms with E-state index in [1.807, 2.05) is 22.4 Å². The Labute approximate surface area is 193 Å². The van der Waals surface area contributed by atoms with Gasteiger partial charge in [-0.25, -0.2) is 9.97 Å². The normalized spacial score (nSPS) is 20.3. The van der Waals surface area contributed by atoms with Gasteiger partial charge < -0.3 is 10.2 Å². The van der Waals surface area contributed by atoms with Crippen LogP contribution in [-0.2, 0) is 0 Å². The van der Waals surface area contributed by atoms with Gasteiger partial charge in [0.2, 0.25) is 0 Å². The van der Waals surface area contributed by atoms with Crippen molar-refractivity contribution in [3.05, 3.63) is 35.0 Å². The Kier molecular flexibility index (Phi) is 7.35. The molecule has 1 amide bonds. The van der Waals surface area contributed by atoms with Gasteiger partial charge in [0.1, 0.15) is 11.5 Å². The molecule has 9 heteroatoms. The van der Waals surface area contributed by atoms with Crippen LogP contribution in [0.1, 0.15) is 48.8 Å². The number of piperazine rings is 1. The fourth-order valence-electron chi connectivity index (χ4n) is 4.43. The summed E-state index contributed by atoms with van der Waals surface area (Å²) >= 11 is 1.43. The van der Waals surface area contributed by atoms with Crippen LogP contribution in [0.15, 0.2) is 23.6 Å². The number of piperidine rings is 1. The zero-order valence-corrected chi connectivity index (χ0v) is 19.6. The van der Waals surface area contributed by atoms with Gasteiger partial charge >= 0.3 is 0 Å². The van der Waals surface area contributed by atoms with Crippen molar-refractivity contribution in [3.8, 4) is 6.07 Å². The molecule has 8 nitrogen and oxygen atoms in total. The Morgan fingerprint density at radius 2 is 2.06 bits per heavy atom. The molecular weight excluding hydrogens is 422 g/mol. The number of hydrogen-bond acceptors (Lipinski definition) is 8. The Hall–Kier alpha value is -2.54. The highest BCUT2D eigenvalue weighted by atomic mass is 32.1. The maximum absolute atomic E-state index is 12.9. The van der Waals surface area contributed by atoms with Crippen LogP contribution >= 0.6 is 11.3 Å². The van der Waals surface area contributed by atoms with Gasteiger partial charge in [0.25, 0.3) is 5.91 Å². The number of thiazole rings is 1. The standard InChI is InChI=1S/C23H31N7OS/c1-17(2)29-11-13-30(14-12-29)22(31)20-16-32-23(26-20)27-21-7-3-6-19(25-21)18-5-4-9-28(15-18)10-8-24/h3,6-7,16-18H,4-5,9-15H2,1-2H3,(H,25,26,27)/t18-/m0/s1. The lowest BCUT2D eigenvalue weighted by molar-refractivity contribution is 0.0591. The SMILES string of the molecule is CC(C)N1CCN(C(=O)c2csc(Nc3cccc([C@H]4CCCN(CC#N)C4)n3)n2)CC1. The molecule has 2 fully saturated rings. The third kappa shape index (κ3) is 5.44. The molecule has 2 saturated heterocycles. The number of amides is 1. The van der Waals surface area contributed by atoms with Crippen LogP contribution in [0.25, 0.3) is 0 Å². The van der Waals surface area contributed by atoms with E-state index in [2.05, 4.69) is 46.1 Å². The number of carbonyl (C=O) groups excluding carboxylic acids is 1. The summed E-state index contributed by atoms with van der Waals surface area (Å²) in [7, 11) is 0. The highest BCUT2D eigenvalue weighted by molar-refractivity contribution is 7.14. The van der Waals surface area contributed by atoms with Crippen LogP contribution < -0.4 is 5.32 Å². The summed E-state index contributed by atoms with van der Waals surface area (Å²) in [6.07, 6.45) is 2.16. The minimum absolute atomic E-state index is 0.000735. The first-order valence-electron chi connectivity index (χ1n) is 11.4. The molecule has 0 radical (unpaired) electrons. The van der Waals surface area contributed by atoms with Gasteiger partial charge in [-0.2, -0.15) is 5.26 Å². The topological polar surface area (TPSA) is 88.4 Å². The molecule has 1 atom stereocenters. The molecule has 4 heterocycles. The Morgan fingerprint density at radius 1 is 1.25 bits per heavy atom. The molecule has 0 aliphatic carbocycles. The molecule has 2 aliphatic heterocycles. The molecule has 0 saturated carbocycles. The first kappa shape index (κ1) is 22.6. The molecule has 1 N–H and O–H groups in total. The predicted molar refractivity (Wildman–Crippen MR) is 126 cm³/mol. The minimum Gasteiger partial charge on any atom is -0.335 e. The number of aromatic nitrogens is 2. The summed E-state index contributed by atoms with van der Waals surface area (Å²) in [5.41, 5.74) is 1.53. The van der Waals surface area contributed by atoms with Crippen molar-refractivity contribution < 1.29 is 4.79 Å². The van der Waals surface area contributed by atoms with E-state index in [1.165, 1.54) is 11.3 Å². The maximum atomic E-state index is 12.9. The van der Waals surface area contributed by atoms with Crippen LogP contribution in [0.2, 0.25) is 0 Å². The van der Waals surface area contributed by atoms with E-state index in [9.17, 15) is 4.79 Å². The Bertz CT molecular complexity index is 961. The van der Waals surface area contributed by atoms with Gasteiger partial charge in [-0.3, -0.25) is 14.6 Å². The first-order valence-corrected chi connectivity index (χ1v) is 12.2. The highest BCUT2D eigenvalue weighted by Crippen LogP contribution is 2.27. The van der Waals surface area contributed by atoms with Gasteiger partial charge in [-0.15, -0.1) is 11.3 Å². The second-order valence-electron chi connectivity index (χ2n) is 8.76. The predicted octanol–water partition coefficient (Wildman–Crippen LogP) is 3.15. The molecule has 0 aromatic carbocycles. The van der Waals surface area contributed by atoms with Crippen LogP contribution in [-0.4, -0.2) is 82.4 Å². The van der Waals surface area contributed by atoms with Crippen molar-refractivity contribution in [2.45, 2.75) is 38.6 Å². The van der Waals surface area contributed by atoms with Crippen molar-refractivity contribution in [1.82, 2.24) is 24.7 Å². The van der Waals surface area contributed by atoms with Gasteiger partial charge in [0.05, 0.1) is 12.6 Å². The largest absolute Gasteiger partial charge is 0.335 e. The zero-order valence-electron chi connectivity index (χ0n) is 18.8. The third-order valence-electron chi connectivity index (χ3n) is 6.28. The fraction of sp³-hybridized carbons (Fsp3) is 0.565. The number of likely N-dealkylation sites (tertiary alicyclic amines) is 1. The van der Waals surface area contributed by atoms with Crippen LogP contribution in [0.3, 0.4) is 0 Å². The van der Waals surface area contributed by atoms with Gasteiger partial charge in [0, 0.05) is 55.8 Å². The summed E-state index contributed by atoms with van der Waals surface area (Å²) in [6, 6.07) is 8.74. The minimum atomic E-state index is -0.000735. The molecule has 2 aromatic rings. The lowest BCUT2D eigenvalue weighted by atomic mass is 9.94. The second-order valence-corrected chi connectivity index (χ2v) is 9.62. The van der Waals surface area contributed by atoms with Crippen molar-refractivity contribution in [1.29, 1.82) is 5.26 Å². The molecular formula is C23H31N7OS. The first-order chi connectivity index (χ1) is 15.5. The van der Waals surface area contributed by atoms with Crippen molar-refractivity contribution in [3.63, 3.8) is 0 Å². The summed E-state index contributed by atoms with van der Waals surface area (Å²) in [5, 5.41) is 14.8. The smallest absolute Gasteiger partial charge is 0.273 e. The zero-order chi connectivity index (χ0) is 22.5. The third-order valence-corrected chi connectivity index (χ3v) is 7.04. The summed E-state index contributed by atoms with van der Waals surface area (Å²) in [6.45, 7) is 9.98. The average molecular weight is 454 g/mol. The monoisotopic (exact) mass is 453 g/mol. The lowest BCUT2D eigenvalue weighted by Gasteiger charge is -2.36. The van der Waals surface area contributed by atoms with Crippen molar-refractivity contribution >= 4 is 28.2 Å². The lowest BCUT2D eigenvalue weighted by Crippen LogP contribution is -2.50. The van der Waals surface area contributed by atoms with Gasteiger partial charge in [0.15, 0.2) is 5.13 Å². The van der Waals surface area contributed by atoms with E-state index in [1.54, 1.807) is 0 Å². The van der Waals surface area contributed by atoms with E-state index in [4.69, 9.17) is 10.2 Å². The average Bonchev–Trinajstić information content (AvgIpc) is 3.27. The number of hydrogen-bond donors (Lipinski definition) is 1. The molecule has 2 aliphatic rings. The number of pyridine rings is 1. The van der Waals surface area contributed by atoms with Crippen LogP contribution in [0.4, 0.5) is 10.9 Å². The Balaban J connectivity index is 1.37. The van der Waals surface area contributed by atoms with Crippen molar-refractivity contribution in [2.24, 2.45) is 0 Å². The quantitative estimate of drug-likeness (QED) is 0.672. The van der Waals surface area contributed by atoms with Gasteiger partial charge in [-0.05, 0) is 45.4 Å². The number of nitriles is 1. The Morgan fingerprint density at radius 3 is 2.81 bits per heavy atom. The fourth-order valence-corrected chi connectivity index (χ4v) is 5.12. The second kappa shape index (κ2) is 10.4. The molecule has 32 heavy (non-hydrogen) atoms. The molecule has 0 spiro atoms. The van der Waals surface area contributed by atoms with Crippen LogP contribution in [0.5, 0.6) is 0 Å². The summed E-state index contributed by atoms with van der Waals surface area (Å²) < 4.78 is 0. The molecule has 170 valence electrons. The van der Waals surface area contributed by atoms with Gasteiger partial charge in [-0.1, -0.05) is 6.07 Å². The number of nitrogens with one attached hydrogen (secondary N) is 1. The number of carbonyl (C=O) groups is 1. The van der Waals surface area contributed by atoms with Crippen LogP contribution in [0, 0.1) is 11.3 Å². The van der Waals surface area contributed by atoms with E-state index >= 15 is 0 Å². The molecule has 2 aromatic heterocycles. The number of rotatable bonds is 6. The number of nitrogens with zero attached hydrogens (tertiary/aromatic N) is 6. The van der Waals surface area contributed by atoms with E-state index in [0.29, 0.717) is 29.3 Å². The van der Waals surface area contributed by atoms with E-state index in [0.717, 1.165) is 63.6 Å². The number of anilines is 2. The summed E-state index contributed by atoms with van der Waals surface area (Å²) in [5.74, 6) is 1.06. The summed E-state index contributed by atoms with van der Waals surface area (Å²) in [4.78, 5) is 28.7. The molecule has 0 bridgehead atoms. The highest BCUT2D eigenvalue weighted by Gasteiger charge is 2.25. The molecule has 4 rings (SSSR count). The van der Waals surface area contributed by atoms with E-state index < -0.39 is 0 Å². The van der Waals surface area contributed by atoms with Crippen molar-refractivity contribution in [2.75, 3.05) is 51.1 Å². The van der Waals surface area contributed by atoms with E-state index in [-0.39, 0.29) is 5.91 Å².